The Labute approximate surface area is 115 Å². The van der Waals surface area contributed by atoms with Crippen molar-refractivity contribution in [1.29, 1.82) is 0 Å². The lowest BCUT2D eigenvalue weighted by molar-refractivity contribution is -0.139. The molecule has 2 unspecified atom stereocenters. The Balaban J connectivity index is 0.00000144. The Hall–Kier alpha value is -0.580. The maximum atomic E-state index is 10.8. The van der Waals surface area contributed by atoms with E-state index in [0.717, 1.165) is 23.9 Å². The fourth-order valence-electron chi connectivity index (χ4n) is 2.11. The van der Waals surface area contributed by atoms with Gasteiger partial charge >= 0.3 is 5.97 Å². The first-order valence-corrected chi connectivity index (χ1v) is 6.15. The van der Waals surface area contributed by atoms with Crippen molar-refractivity contribution in [2.45, 2.75) is 18.9 Å². The van der Waals surface area contributed by atoms with Gasteiger partial charge in [0.1, 0.15) is 6.04 Å². The molecule has 1 fully saturated rings. The van der Waals surface area contributed by atoms with Crippen LogP contribution >= 0.6 is 28.3 Å². The van der Waals surface area contributed by atoms with Crippen molar-refractivity contribution in [2.24, 2.45) is 5.92 Å². The molecule has 1 saturated heterocycles. The highest BCUT2D eigenvalue weighted by Crippen LogP contribution is 2.20. The summed E-state index contributed by atoms with van der Waals surface area (Å²) >= 11 is 3.40. The van der Waals surface area contributed by atoms with Gasteiger partial charge in [-0.05, 0) is 43.0 Å². The van der Waals surface area contributed by atoms with E-state index >= 15 is 0 Å². The second kappa shape index (κ2) is 6.38. The predicted molar refractivity (Wildman–Crippen MR) is 72.6 cm³/mol. The number of hydrogen-bond acceptors (Lipinski definition) is 2. The molecule has 0 saturated carbocycles. The lowest BCUT2D eigenvalue weighted by Gasteiger charge is -2.08. The van der Waals surface area contributed by atoms with E-state index in [1.54, 1.807) is 0 Å². The van der Waals surface area contributed by atoms with E-state index in [2.05, 4.69) is 33.4 Å². The van der Waals surface area contributed by atoms with Gasteiger partial charge in [-0.15, -0.1) is 12.4 Å². The Kier molecular flexibility index (Phi) is 5.43. The zero-order valence-corrected chi connectivity index (χ0v) is 11.6. The molecule has 0 radical (unpaired) electrons. The van der Waals surface area contributed by atoms with Crippen molar-refractivity contribution in [3.63, 3.8) is 0 Å². The van der Waals surface area contributed by atoms with E-state index in [1.807, 2.05) is 12.1 Å². The van der Waals surface area contributed by atoms with Gasteiger partial charge in [-0.25, -0.2) is 0 Å². The predicted octanol–water partition coefficient (Wildman–Crippen LogP) is 2.48. The molecule has 0 spiro atoms. The van der Waals surface area contributed by atoms with Crippen LogP contribution in [-0.4, -0.2) is 23.7 Å². The first-order chi connectivity index (χ1) is 7.65. The summed E-state index contributed by atoms with van der Waals surface area (Å²) in [7, 11) is 0. The van der Waals surface area contributed by atoms with Crippen LogP contribution in [0.15, 0.2) is 28.7 Å². The molecule has 94 valence electrons. The number of hydrogen-bond donors (Lipinski definition) is 2. The van der Waals surface area contributed by atoms with Gasteiger partial charge in [-0.3, -0.25) is 4.79 Å². The van der Waals surface area contributed by atoms with Crippen molar-refractivity contribution in [3.05, 3.63) is 34.3 Å². The molecule has 1 heterocycles. The Morgan fingerprint density at radius 1 is 1.41 bits per heavy atom. The van der Waals surface area contributed by atoms with Crippen LogP contribution in [0.2, 0.25) is 0 Å². The van der Waals surface area contributed by atoms with Gasteiger partial charge in [0.2, 0.25) is 0 Å². The zero-order valence-electron chi connectivity index (χ0n) is 9.23. The molecular weight excluding hydrogens is 305 g/mol. The zero-order chi connectivity index (χ0) is 11.5. The molecule has 0 aliphatic carbocycles. The molecule has 2 rings (SSSR count). The summed E-state index contributed by atoms with van der Waals surface area (Å²) in [5.41, 5.74) is 1.26. The third-order valence-corrected chi connectivity index (χ3v) is 3.49. The maximum absolute atomic E-state index is 10.8. The van der Waals surface area contributed by atoms with Gasteiger partial charge in [-0.2, -0.15) is 0 Å². The summed E-state index contributed by atoms with van der Waals surface area (Å²) in [6.07, 6.45) is 1.68. The van der Waals surface area contributed by atoms with Gasteiger partial charge in [0, 0.05) is 4.47 Å². The number of nitrogens with one attached hydrogen (secondary N) is 1. The number of carboxylic acids is 1. The first kappa shape index (κ1) is 14.5. The lowest BCUT2D eigenvalue weighted by atomic mass is 9.97. The molecule has 2 N–H and O–H groups in total. The molecule has 0 amide bonds. The van der Waals surface area contributed by atoms with E-state index in [4.69, 9.17) is 5.11 Å². The van der Waals surface area contributed by atoms with Crippen molar-refractivity contribution in [1.82, 2.24) is 5.32 Å². The SMILES string of the molecule is Cl.O=C(O)C1CC(Cc2ccc(Br)cc2)CN1. The summed E-state index contributed by atoms with van der Waals surface area (Å²) in [4.78, 5) is 10.8. The second-order valence-electron chi connectivity index (χ2n) is 4.23. The van der Waals surface area contributed by atoms with Gasteiger partial charge in [-0.1, -0.05) is 28.1 Å². The van der Waals surface area contributed by atoms with Crippen molar-refractivity contribution in [2.75, 3.05) is 6.54 Å². The third-order valence-electron chi connectivity index (χ3n) is 2.96. The van der Waals surface area contributed by atoms with Crippen LogP contribution in [0.4, 0.5) is 0 Å². The quantitative estimate of drug-likeness (QED) is 0.899. The smallest absolute Gasteiger partial charge is 0.320 e. The van der Waals surface area contributed by atoms with Gasteiger partial charge in [0.05, 0.1) is 0 Å². The van der Waals surface area contributed by atoms with E-state index < -0.39 is 5.97 Å². The number of carboxylic acid groups (broad SMARTS) is 1. The molecule has 1 aromatic carbocycles. The lowest BCUT2D eigenvalue weighted by Crippen LogP contribution is -2.29. The Morgan fingerprint density at radius 2 is 2.06 bits per heavy atom. The molecule has 0 aromatic heterocycles. The van der Waals surface area contributed by atoms with Gasteiger partial charge in [0.15, 0.2) is 0 Å². The van der Waals surface area contributed by atoms with Gasteiger partial charge in [0.25, 0.3) is 0 Å². The molecule has 0 bridgehead atoms. The van der Waals surface area contributed by atoms with E-state index in [-0.39, 0.29) is 18.4 Å². The van der Waals surface area contributed by atoms with Crippen LogP contribution in [0.1, 0.15) is 12.0 Å². The van der Waals surface area contributed by atoms with E-state index in [0.29, 0.717) is 5.92 Å². The average Bonchev–Trinajstić information content (AvgIpc) is 2.70. The second-order valence-corrected chi connectivity index (χ2v) is 5.15. The van der Waals surface area contributed by atoms with Crippen LogP contribution in [0.25, 0.3) is 0 Å². The van der Waals surface area contributed by atoms with Crippen LogP contribution in [-0.2, 0) is 11.2 Å². The van der Waals surface area contributed by atoms with Crippen molar-refractivity contribution >= 4 is 34.3 Å². The Bertz CT molecular complexity index is 383. The summed E-state index contributed by atoms with van der Waals surface area (Å²) in [5.74, 6) is -0.305. The van der Waals surface area contributed by atoms with Gasteiger partial charge < -0.3 is 10.4 Å². The maximum Gasteiger partial charge on any atom is 0.320 e. The minimum atomic E-state index is -0.738. The number of benzene rings is 1. The fourth-order valence-corrected chi connectivity index (χ4v) is 2.37. The van der Waals surface area contributed by atoms with Crippen LogP contribution < -0.4 is 5.32 Å². The third kappa shape index (κ3) is 3.98. The Morgan fingerprint density at radius 3 is 2.59 bits per heavy atom. The van der Waals surface area contributed by atoms with Crippen LogP contribution in [0.3, 0.4) is 0 Å². The minimum absolute atomic E-state index is 0. The number of halogens is 2. The van der Waals surface area contributed by atoms with Crippen molar-refractivity contribution < 1.29 is 9.90 Å². The van der Waals surface area contributed by atoms with Crippen LogP contribution in [0, 0.1) is 5.92 Å². The molecule has 1 aliphatic heterocycles. The monoisotopic (exact) mass is 319 g/mol. The first-order valence-electron chi connectivity index (χ1n) is 5.36. The average molecular weight is 321 g/mol. The topological polar surface area (TPSA) is 49.3 Å². The van der Waals surface area contributed by atoms with E-state index in [1.165, 1.54) is 5.56 Å². The standard InChI is InChI=1S/C12H14BrNO2.ClH/c13-10-3-1-8(2-4-10)5-9-6-11(12(15)16)14-7-9;/h1-4,9,11,14H,5-7H2,(H,15,16);1H. The fraction of sp³-hybridized carbons (Fsp3) is 0.417. The molecule has 2 atom stereocenters. The molecule has 3 nitrogen and oxygen atoms in total. The molecule has 1 aliphatic rings. The summed E-state index contributed by atoms with van der Waals surface area (Å²) < 4.78 is 1.07. The minimum Gasteiger partial charge on any atom is -0.480 e. The molecular formula is C12H15BrClNO2. The van der Waals surface area contributed by atoms with Crippen molar-refractivity contribution in [3.8, 4) is 0 Å². The highest BCUT2D eigenvalue weighted by molar-refractivity contribution is 9.10. The van der Waals surface area contributed by atoms with E-state index in [9.17, 15) is 4.79 Å². The number of carbonyl (C=O) groups is 1. The normalized spacial score (nSPS) is 23.1. The largest absolute Gasteiger partial charge is 0.480 e. The molecule has 5 heteroatoms. The summed E-state index contributed by atoms with van der Waals surface area (Å²) in [6, 6.07) is 7.84. The molecule has 1 aromatic rings. The summed E-state index contributed by atoms with van der Waals surface area (Å²) in [6.45, 7) is 0.799. The van der Waals surface area contributed by atoms with Crippen LogP contribution in [0.5, 0.6) is 0 Å². The number of rotatable bonds is 3. The number of aliphatic carboxylic acids is 1. The summed E-state index contributed by atoms with van der Waals surface area (Å²) in [5, 5.41) is 11.9. The molecule has 17 heavy (non-hydrogen) atoms. The highest BCUT2D eigenvalue weighted by Gasteiger charge is 2.28. The highest BCUT2D eigenvalue weighted by atomic mass is 79.9.